The first-order valence-electron chi connectivity index (χ1n) is 18.4. The number of ether oxygens (including phenoxy) is 6. The number of aliphatic hydroxyl groups is 1. The number of rotatable bonds is 9. The number of aromatic nitrogens is 8. The number of H-pyrrole nitrogens is 2. The van der Waals surface area contributed by atoms with Crippen LogP contribution in [0.2, 0.25) is 0 Å². The second-order valence-electron chi connectivity index (χ2n) is 15.7. The van der Waals surface area contributed by atoms with Crippen LogP contribution in [0.1, 0.15) is 68.3 Å². The van der Waals surface area contributed by atoms with Gasteiger partial charge in [0.25, 0.3) is 30.3 Å². The van der Waals surface area contributed by atoms with Crippen molar-refractivity contribution in [3.05, 3.63) is 33.4 Å². The van der Waals surface area contributed by atoms with Gasteiger partial charge in [0.05, 0.1) is 12.7 Å². The molecule has 0 bridgehead atoms. The van der Waals surface area contributed by atoms with Gasteiger partial charge >= 0.3 is 6.15 Å². The van der Waals surface area contributed by atoms with Crippen LogP contribution in [0, 0.1) is 5.92 Å². The van der Waals surface area contributed by atoms with Crippen molar-refractivity contribution in [2.24, 2.45) is 5.92 Å². The van der Waals surface area contributed by atoms with Crippen molar-refractivity contribution in [1.82, 2.24) is 44.1 Å². The average Bonchev–Trinajstić information content (AvgIpc) is 3.97. The summed E-state index contributed by atoms with van der Waals surface area (Å²) in [6.07, 6.45) is -3.42. The van der Waals surface area contributed by atoms with Gasteiger partial charge in [-0.15, -0.1) is 0 Å². The number of aliphatic hydroxyl groups excluding tert-OH is 1. The lowest BCUT2D eigenvalue weighted by Crippen LogP contribution is -2.43. The van der Waals surface area contributed by atoms with E-state index in [-0.39, 0.29) is 59.8 Å². The Hall–Kier alpha value is -4.59. The lowest BCUT2D eigenvalue weighted by atomic mass is 10.1. The number of alkyl halides is 2. The van der Waals surface area contributed by atoms with Gasteiger partial charge in [-0.25, -0.2) is 23.8 Å². The predicted octanol–water partition coefficient (Wildman–Crippen LogP) is 1.35. The molecule has 61 heavy (non-hydrogen) atoms. The Balaban J connectivity index is 0.000000222. The molecule has 10 atom stereocenters. The third-order valence-corrected chi connectivity index (χ3v) is 11.4. The fourth-order valence-corrected chi connectivity index (χ4v) is 8.57. The average molecular weight is 890 g/mol. The molecule has 0 radical (unpaired) electrons. The number of aromatic amines is 2. The van der Waals surface area contributed by atoms with Gasteiger partial charge in [-0.1, -0.05) is 21.3 Å². The van der Waals surface area contributed by atoms with E-state index in [0.717, 1.165) is 0 Å². The minimum absolute atomic E-state index is 0. The summed E-state index contributed by atoms with van der Waals surface area (Å²) in [5.41, 5.74) is 10.4. The Morgan fingerprint density at radius 2 is 1.26 bits per heavy atom. The zero-order chi connectivity index (χ0) is 44.3. The van der Waals surface area contributed by atoms with Crippen LogP contribution < -0.4 is 27.7 Å². The number of nitrogens with zero attached hydrogens (tertiary/aromatic N) is 6. The first-order valence-corrected chi connectivity index (χ1v) is 20.4. The number of fused-ring (bicyclic) bond motifs is 4. The van der Waals surface area contributed by atoms with Crippen molar-refractivity contribution in [2.75, 3.05) is 31.3 Å². The number of imidazole rings is 2. The van der Waals surface area contributed by atoms with Crippen LogP contribution in [0.15, 0.2) is 22.2 Å². The van der Waals surface area contributed by atoms with Gasteiger partial charge in [0.15, 0.2) is 58.6 Å². The molecule has 4 aromatic heterocycles. The van der Waals surface area contributed by atoms with E-state index in [1.165, 1.54) is 28.5 Å². The topological polar surface area (TPSA) is 327 Å². The normalized spacial score (nSPS) is 31.0. The zero-order valence-electron chi connectivity index (χ0n) is 33.6. The second-order valence-corrected chi connectivity index (χ2v) is 17.9. The lowest BCUT2D eigenvalue weighted by Gasteiger charge is -2.30. The van der Waals surface area contributed by atoms with Crippen molar-refractivity contribution in [3.63, 3.8) is 0 Å². The SMILES string of the molecule is C.CC(C)[C@@H](C)NP(C)(=O)OC[C@@]1(F)O[C@@H](n2cnc3c(=O)[nH]c(N)nc32)[C@H]2OC(C)(C)OC21.CC1(C)OC2[C@H](O1)[C@H](n1cnc3c(=O)[nH]c(N)nc31)O[C@]2(F)CO.O=C=O. The zero-order valence-corrected chi connectivity index (χ0v) is 34.5. The Labute approximate surface area is 345 Å². The van der Waals surface area contributed by atoms with E-state index >= 15 is 4.39 Å². The minimum atomic E-state index is -3.36. The lowest BCUT2D eigenvalue weighted by molar-refractivity contribution is -0.264. The van der Waals surface area contributed by atoms with E-state index in [0.29, 0.717) is 0 Å². The highest BCUT2D eigenvalue weighted by Gasteiger charge is 2.66. The molecule has 8 rings (SSSR count). The van der Waals surface area contributed by atoms with Crippen molar-refractivity contribution < 1.29 is 61.0 Å². The van der Waals surface area contributed by atoms with Gasteiger partial charge in [-0.05, 0) is 40.5 Å². The number of anilines is 2. The van der Waals surface area contributed by atoms with E-state index in [1.54, 1.807) is 27.7 Å². The molecule has 0 saturated carbocycles. The van der Waals surface area contributed by atoms with Crippen LogP contribution >= 0.6 is 7.52 Å². The second kappa shape index (κ2) is 16.9. The van der Waals surface area contributed by atoms with Crippen molar-refractivity contribution >= 4 is 47.9 Å². The smallest absolute Gasteiger partial charge is 0.373 e. The first-order chi connectivity index (χ1) is 27.9. The van der Waals surface area contributed by atoms with Crippen LogP contribution in [0.5, 0.6) is 0 Å². The number of nitrogens with one attached hydrogen (secondary N) is 3. The Morgan fingerprint density at radius 3 is 1.67 bits per heavy atom. The third kappa shape index (κ3) is 9.29. The summed E-state index contributed by atoms with van der Waals surface area (Å²) in [6.45, 7) is 12.2. The van der Waals surface area contributed by atoms with Crippen molar-refractivity contribution in [2.45, 2.75) is 122 Å². The maximum absolute atomic E-state index is 16.2. The molecule has 338 valence electrons. The number of hydrogen-bond donors (Lipinski definition) is 6. The minimum Gasteiger partial charge on any atom is -0.390 e. The summed E-state index contributed by atoms with van der Waals surface area (Å²) >= 11 is 0. The number of halogens is 2. The molecule has 0 aromatic carbocycles. The third-order valence-electron chi connectivity index (χ3n) is 9.91. The molecule has 24 nitrogen and oxygen atoms in total. The van der Waals surface area contributed by atoms with E-state index in [4.69, 9.17) is 54.0 Å². The molecule has 4 aliphatic heterocycles. The molecule has 4 aromatic rings. The van der Waals surface area contributed by atoms with Crippen LogP contribution in [-0.2, 0) is 47.1 Å². The number of carbonyl (C=O) groups excluding carboxylic acids is 2. The van der Waals surface area contributed by atoms with Crippen LogP contribution in [0.3, 0.4) is 0 Å². The summed E-state index contributed by atoms with van der Waals surface area (Å²) in [5, 5.41) is 12.3. The van der Waals surface area contributed by atoms with Crippen LogP contribution in [-0.4, -0.2) is 124 Å². The summed E-state index contributed by atoms with van der Waals surface area (Å²) in [7, 11) is -3.36. The summed E-state index contributed by atoms with van der Waals surface area (Å²) in [5.74, 6) is -7.16. The Kier molecular flexibility index (Phi) is 13.2. The molecule has 8 N–H and O–H groups in total. The molecular formula is C34H50F2N11O13P. The number of nitrogen functional groups attached to an aromatic ring is 2. The maximum Gasteiger partial charge on any atom is 0.373 e. The highest BCUT2D eigenvalue weighted by molar-refractivity contribution is 7.56. The van der Waals surface area contributed by atoms with E-state index in [2.05, 4.69) is 35.0 Å². The van der Waals surface area contributed by atoms with Gasteiger partial charge in [0.1, 0.15) is 25.4 Å². The van der Waals surface area contributed by atoms with E-state index in [9.17, 15) is 23.7 Å². The number of nitrogens with two attached hydrogens (primary N) is 2. The quantitative estimate of drug-likeness (QED) is 0.129. The summed E-state index contributed by atoms with van der Waals surface area (Å²) < 4.78 is 86.3. The molecule has 27 heteroatoms. The molecule has 4 fully saturated rings. The van der Waals surface area contributed by atoms with Gasteiger partial charge in [0, 0.05) is 12.7 Å². The number of hydrogen-bond acceptors (Lipinski definition) is 19. The largest absolute Gasteiger partial charge is 0.390 e. The molecule has 0 spiro atoms. The van der Waals surface area contributed by atoms with Gasteiger partial charge in [-0.2, -0.15) is 19.6 Å². The van der Waals surface area contributed by atoms with Crippen LogP contribution in [0.25, 0.3) is 22.3 Å². The Bertz CT molecular complexity index is 2440. The van der Waals surface area contributed by atoms with Crippen molar-refractivity contribution in [3.8, 4) is 0 Å². The Morgan fingerprint density at radius 1 is 0.852 bits per heavy atom. The highest BCUT2D eigenvalue weighted by Crippen LogP contribution is 2.52. The van der Waals surface area contributed by atoms with Crippen LogP contribution in [0.4, 0.5) is 20.7 Å². The fraction of sp³-hybridized carbons (Fsp3) is 0.676. The molecule has 0 amide bonds. The maximum atomic E-state index is 16.2. The van der Waals surface area contributed by atoms with Gasteiger partial charge < -0.3 is 49.5 Å². The fourth-order valence-electron chi connectivity index (χ4n) is 7.03. The van der Waals surface area contributed by atoms with E-state index < -0.39 is 92.0 Å². The molecule has 4 aliphatic rings. The molecule has 4 saturated heterocycles. The molecular weight excluding hydrogens is 839 g/mol. The van der Waals surface area contributed by atoms with Gasteiger partial charge in [0.2, 0.25) is 11.9 Å². The van der Waals surface area contributed by atoms with Crippen molar-refractivity contribution in [1.29, 1.82) is 0 Å². The summed E-state index contributed by atoms with van der Waals surface area (Å²) in [6, 6.07) is -0.113. The first kappa shape index (κ1) is 47.5. The summed E-state index contributed by atoms with van der Waals surface area (Å²) in [4.78, 5) is 61.1. The highest BCUT2D eigenvalue weighted by atomic mass is 31.2. The predicted molar refractivity (Wildman–Crippen MR) is 206 cm³/mol. The molecule has 8 heterocycles. The monoisotopic (exact) mass is 889 g/mol. The molecule has 0 aliphatic carbocycles. The van der Waals surface area contributed by atoms with E-state index in [1.807, 2.05) is 20.8 Å². The van der Waals surface area contributed by atoms with Gasteiger partial charge in [-0.3, -0.25) is 33.3 Å². The standard InChI is InChI=1S/C19H30FN6O6P.C13H16FN5O5.CO2.CH4/c1-9(2)10(3)25-33(6,28)29-7-19(20)13-12(30-18(4,5)31-13)16(32-19)26-8-22-11-14(26)23-17(21)24-15(11)27;1-12(2)22-6-7(23-12)13(14,3-20)24-10(6)19-4-16-5-8(19)17-11(15)18-9(5)21;2-1-3;/h8-10,12-13,16H,7H2,1-6H3,(H,25,28)(H3,21,23,24,27);4,6-7,10,20H,3H2,1-2H3,(H3,15,17,18,21);;1H4/t10-,12+,13?,16-,19-,33?;6-,7?,10+,13+;;/m10../s1. The molecule has 3 unspecified atom stereocenters.